The minimum Gasteiger partial charge on any atom is -0.497 e. The Morgan fingerprint density at radius 2 is 0.792 bits per heavy atom. The average molecular weight is 663 g/mol. The van der Waals surface area contributed by atoms with E-state index in [0.29, 0.717) is 12.4 Å². The van der Waals surface area contributed by atoms with E-state index in [1.165, 1.54) is 0 Å². The Bertz CT molecular complexity index is 1500. The highest BCUT2D eigenvalue weighted by molar-refractivity contribution is 5.29. The van der Waals surface area contributed by atoms with Crippen molar-refractivity contribution in [1.29, 1.82) is 0 Å². The third-order valence-electron chi connectivity index (χ3n) is 8.09. The van der Waals surface area contributed by atoms with Gasteiger partial charge in [-0.2, -0.15) is 0 Å². The second-order valence-electron chi connectivity index (χ2n) is 11.3. The van der Waals surface area contributed by atoms with Crippen LogP contribution in [0.15, 0.2) is 97.1 Å². The van der Waals surface area contributed by atoms with Crippen molar-refractivity contribution in [2.45, 2.75) is 57.2 Å². The maximum absolute atomic E-state index is 16.0. The maximum atomic E-state index is 16.0. The van der Waals surface area contributed by atoms with Crippen LogP contribution in [-0.2, 0) is 50.1 Å². The Morgan fingerprint density at radius 3 is 1.17 bits per heavy atom. The number of rotatable bonds is 17. The molecule has 256 valence electrons. The Hall–Kier alpha value is -4.19. The topological polar surface area (TPSA) is 83.1 Å². The zero-order chi connectivity index (χ0) is 33.7. The molecule has 4 aromatic carbocycles. The summed E-state index contributed by atoms with van der Waals surface area (Å²) in [6.07, 6.45) is -5.28. The van der Waals surface area contributed by atoms with Gasteiger partial charge < -0.3 is 42.6 Å². The van der Waals surface area contributed by atoms with E-state index in [0.717, 1.165) is 39.5 Å². The van der Waals surface area contributed by atoms with E-state index in [9.17, 15) is 0 Å². The SMILES string of the molecule is COc1ccc(COC[C@H]2OC(F)[C@H](OCc3ccc(OC)cc3)[C@@H](OCc3ccc(OC)cc3)[C@H]2OCc2ccc(OC)cc2)cc1. The highest BCUT2D eigenvalue weighted by atomic mass is 19.1. The van der Waals surface area contributed by atoms with Crippen molar-refractivity contribution in [3.63, 3.8) is 0 Å². The molecule has 0 spiro atoms. The molecule has 10 heteroatoms. The van der Waals surface area contributed by atoms with Crippen LogP contribution < -0.4 is 18.9 Å². The summed E-state index contributed by atoms with van der Waals surface area (Å²) in [7, 11) is 6.45. The van der Waals surface area contributed by atoms with E-state index in [-0.39, 0.29) is 26.4 Å². The van der Waals surface area contributed by atoms with E-state index in [2.05, 4.69) is 0 Å². The molecule has 0 aliphatic carbocycles. The lowest BCUT2D eigenvalue weighted by atomic mass is 9.98. The van der Waals surface area contributed by atoms with Crippen LogP contribution in [0, 0.1) is 0 Å². The first-order valence-corrected chi connectivity index (χ1v) is 15.7. The number of halogens is 1. The largest absolute Gasteiger partial charge is 0.497 e. The number of benzene rings is 4. The van der Waals surface area contributed by atoms with Gasteiger partial charge in [0.25, 0.3) is 0 Å². The maximum Gasteiger partial charge on any atom is 0.228 e. The minimum atomic E-state index is -1.81. The molecule has 48 heavy (non-hydrogen) atoms. The molecule has 0 radical (unpaired) electrons. The summed E-state index contributed by atoms with van der Waals surface area (Å²) in [5.74, 6) is 2.93. The molecule has 1 fully saturated rings. The minimum absolute atomic E-state index is 0.0628. The fraction of sp³-hybridized carbons (Fsp3) is 0.368. The molecular formula is C38H43FO9. The summed E-state index contributed by atoms with van der Waals surface area (Å²) in [5.41, 5.74) is 3.57. The van der Waals surface area contributed by atoms with Gasteiger partial charge in [-0.25, -0.2) is 4.39 Å². The van der Waals surface area contributed by atoms with Crippen molar-refractivity contribution in [1.82, 2.24) is 0 Å². The predicted molar refractivity (Wildman–Crippen MR) is 177 cm³/mol. The standard InChI is InChI=1S/C38H43FO9/c1-40-30-13-5-26(6-14-30)21-44-25-34-35(45-22-27-7-15-31(41-2)16-8-27)36(46-23-28-9-17-32(42-3)18-10-28)37(38(39)48-34)47-24-29-11-19-33(43-4)20-12-29/h5-20,34-38H,21-25H2,1-4H3/t34-,35+,36+,37-,38?/m1/s1. The molecule has 0 aromatic heterocycles. The zero-order valence-electron chi connectivity index (χ0n) is 27.7. The molecule has 1 heterocycles. The van der Waals surface area contributed by atoms with E-state index >= 15 is 4.39 Å². The van der Waals surface area contributed by atoms with Crippen molar-refractivity contribution < 1.29 is 47.0 Å². The zero-order valence-corrected chi connectivity index (χ0v) is 27.7. The molecule has 9 nitrogen and oxygen atoms in total. The molecule has 1 saturated heterocycles. The summed E-state index contributed by atoms with van der Waals surface area (Å²) in [6, 6.07) is 30.0. The smallest absolute Gasteiger partial charge is 0.228 e. The number of hydrogen-bond donors (Lipinski definition) is 0. The van der Waals surface area contributed by atoms with Crippen LogP contribution in [0.25, 0.3) is 0 Å². The van der Waals surface area contributed by atoms with Gasteiger partial charge in [0.05, 0.1) is 61.5 Å². The monoisotopic (exact) mass is 662 g/mol. The second-order valence-corrected chi connectivity index (χ2v) is 11.3. The molecular weight excluding hydrogens is 619 g/mol. The van der Waals surface area contributed by atoms with E-state index in [1.807, 2.05) is 97.1 Å². The van der Waals surface area contributed by atoms with Crippen LogP contribution in [-0.4, -0.2) is 65.8 Å². The number of hydrogen-bond acceptors (Lipinski definition) is 9. The lowest BCUT2D eigenvalue weighted by Gasteiger charge is -2.43. The van der Waals surface area contributed by atoms with Gasteiger partial charge in [0, 0.05) is 0 Å². The van der Waals surface area contributed by atoms with Crippen molar-refractivity contribution in [2.24, 2.45) is 0 Å². The number of alkyl halides is 1. The second kappa shape index (κ2) is 17.8. The normalized spacial score (nSPS) is 20.6. The highest BCUT2D eigenvalue weighted by Crippen LogP contribution is 2.32. The van der Waals surface area contributed by atoms with Gasteiger partial charge in [-0.15, -0.1) is 0 Å². The Labute approximate surface area is 281 Å². The van der Waals surface area contributed by atoms with Crippen LogP contribution in [0.3, 0.4) is 0 Å². The van der Waals surface area contributed by atoms with Gasteiger partial charge in [0.2, 0.25) is 6.36 Å². The summed E-state index contributed by atoms with van der Waals surface area (Å²) >= 11 is 0. The van der Waals surface area contributed by atoms with Crippen LogP contribution in [0.4, 0.5) is 4.39 Å². The first-order valence-electron chi connectivity index (χ1n) is 15.7. The molecule has 5 rings (SSSR count). The van der Waals surface area contributed by atoms with Gasteiger partial charge in [-0.05, 0) is 70.8 Å². The molecule has 0 bridgehead atoms. The van der Waals surface area contributed by atoms with Crippen molar-refractivity contribution in [2.75, 3.05) is 35.0 Å². The van der Waals surface area contributed by atoms with Gasteiger partial charge in [-0.3, -0.25) is 0 Å². The number of methoxy groups -OCH3 is 4. The molecule has 0 N–H and O–H groups in total. The Balaban J connectivity index is 1.37. The Morgan fingerprint density at radius 1 is 0.458 bits per heavy atom. The van der Waals surface area contributed by atoms with Crippen LogP contribution in [0.5, 0.6) is 23.0 Å². The summed E-state index contributed by atoms with van der Waals surface area (Å²) in [6.45, 7) is 0.891. The Kier molecular flexibility index (Phi) is 13.0. The highest BCUT2D eigenvalue weighted by Gasteiger charge is 2.49. The fourth-order valence-corrected chi connectivity index (χ4v) is 5.32. The third-order valence-corrected chi connectivity index (χ3v) is 8.09. The predicted octanol–water partition coefficient (Wildman–Crippen LogP) is 6.69. The molecule has 5 atom stereocenters. The van der Waals surface area contributed by atoms with E-state index < -0.39 is 30.8 Å². The van der Waals surface area contributed by atoms with Crippen LogP contribution in [0.2, 0.25) is 0 Å². The lowest BCUT2D eigenvalue weighted by molar-refractivity contribution is -0.298. The quantitative estimate of drug-likeness (QED) is 0.123. The van der Waals surface area contributed by atoms with Crippen molar-refractivity contribution >= 4 is 0 Å². The molecule has 0 saturated carbocycles. The molecule has 4 aromatic rings. The molecule has 1 aliphatic rings. The van der Waals surface area contributed by atoms with Gasteiger partial charge in [0.15, 0.2) is 0 Å². The average Bonchev–Trinajstić information content (AvgIpc) is 3.14. The van der Waals surface area contributed by atoms with Gasteiger partial charge >= 0.3 is 0 Å². The first-order chi connectivity index (χ1) is 23.5. The van der Waals surface area contributed by atoms with Gasteiger partial charge in [0.1, 0.15) is 47.4 Å². The lowest BCUT2D eigenvalue weighted by Crippen LogP contribution is -2.60. The van der Waals surface area contributed by atoms with E-state index in [1.54, 1.807) is 28.4 Å². The third kappa shape index (κ3) is 9.68. The van der Waals surface area contributed by atoms with Crippen molar-refractivity contribution in [3.05, 3.63) is 119 Å². The van der Waals surface area contributed by atoms with Gasteiger partial charge in [-0.1, -0.05) is 48.5 Å². The van der Waals surface area contributed by atoms with Crippen LogP contribution >= 0.6 is 0 Å². The summed E-state index contributed by atoms with van der Waals surface area (Å²) in [4.78, 5) is 0. The first kappa shape index (κ1) is 35.1. The van der Waals surface area contributed by atoms with E-state index in [4.69, 9.17) is 42.6 Å². The summed E-state index contributed by atoms with van der Waals surface area (Å²) in [5, 5.41) is 0. The van der Waals surface area contributed by atoms with Crippen LogP contribution in [0.1, 0.15) is 22.3 Å². The molecule has 1 unspecified atom stereocenters. The number of ether oxygens (including phenoxy) is 9. The molecule has 1 aliphatic heterocycles. The van der Waals surface area contributed by atoms with Crippen molar-refractivity contribution in [3.8, 4) is 23.0 Å². The fourth-order valence-electron chi connectivity index (χ4n) is 5.32. The molecule has 0 amide bonds. The summed E-state index contributed by atoms with van der Waals surface area (Å²) < 4.78 is 68.4.